The highest BCUT2D eigenvalue weighted by atomic mass is 35.5. The molecule has 2 rings (SSSR count). The molecule has 0 radical (unpaired) electrons. The fraction of sp³-hybridized carbons (Fsp3) is 0.643. The van der Waals surface area contributed by atoms with Crippen molar-refractivity contribution in [1.29, 1.82) is 0 Å². The van der Waals surface area contributed by atoms with Gasteiger partial charge in [-0.15, -0.1) is 23.2 Å². The van der Waals surface area contributed by atoms with Crippen LogP contribution < -0.4 is 33.9 Å². The summed E-state index contributed by atoms with van der Waals surface area (Å²) < 4.78 is 36.3. The molecule has 8 nitrogen and oxygen atoms in total. The minimum atomic E-state index is 0. The second-order valence-corrected chi connectivity index (χ2v) is 9.05. The molecule has 0 atom stereocenters. The zero-order valence-electron chi connectivity index (χ0n) is 23.8. The van der Waals surface area contributed by atoms with Crippen LogP contribution >= 0.6 is 23.2 Å². The number of rotatable bonds is 22. The molecule has 0 saturated carbocycles. The first-order valence-electron chi connectivity index (χ1n) is 13.2. The van der Waals surface area contributed by atoms with Crippen molar-refractivity contribution < 1.29 is 62.4 Å². The van der Waals surface area contributed by atoms with Gasteiger partial charge in [0, 0.05) is 35.0 Å². The van der Waals surface area contributed by atoms with Crippen LogP contribution in [0.3, 0.4) is 0 Å². The van der Waals surface area contributed by atoms with Crippen LogP contribution in [0.15, 0.2) is 49.1 Å². The molecule has 0 spiro atoms. The molecule has 0 amide bonds. The second-order valence-electron chi connectivity index (χ2n) is 8.29. The Balaban J connectivity index is 0. The van der Waals surface area contributed by atoms with E-state index in [0.29, 0.717) is 91.0 Å². The summed E-state index contributed by atoms with van der Waals surface area (Å²) in [7, 11) is 0. The second kappa shape index (κ2) is 31.2. The lowest BCUT2D eigenvalue weighted by molar-refractivity contribution is -0.698. The predicted octanol–water partition coefficient (Wildman–Crippen LogP) is -2.85. The number of halogens is 4. The Morgan fingerprint density at radius 2 is 0.800 bits per heavy atom. The summed E-state index contributed by atoms with van der Waals surface area (Å²) in [5.41, 5.74) is 2.51. The van der Waals surface area contributed by atoms with Crippen LogP contribution in [0.1, 0.15) is 11.1 Å². The molecule has 0 N–H and O–H groups in total. The highest BCUT2D eigenvalue weighted by Gasteiger charge is 2.01. The van der Waals surface area contributed by atoms with E-state index in [1.54, 1.807) is 0 Å². The summed E-state index contributed by atoms with van der Waals surface area (Å²) in [5, 5.41) is 0. The Labute approximate surface area is 263 Å². The molecule has 0 aliphatic carbocycles. The van der Waals surface area contributed by atoms with Crippen molar-refractivity contribution in [2.45, 2.75) is 26.9 Å². The Kier molecular flexibility index (Phi) is 32.2. The number of hydrogen-bond acceptors (Lipinski definition) is 6. The van der Waals surface area contributed by atoms with Crippen LogP contribution in [0.2, 0.25) is 0 Å². The van der Waals surface area contributed by atoms with E-state index in [1.807, 2.05) is 0 Å². The first-order chi connectivity index (χ1) is 18.7. The van der Waals surface area contributed by atoms with Gasteiger partial charge in [0.25, 0.3) is 0 Å². The van der Waals surface area contributed by atoms with Crippen molar-refractivity contribution in [1.82, 2.24) is 0 Å². The van der Waals surface area contributed by atoms with E-state index in [4.69, 9.17) is 51.6 Å². The van der Waals surface area contributed by atoms with Gasteiger partial charge >= 0.3 is 0 Å². The van der Waals surface area contributed by atoms with Crippen molar-refractivity contribution in [3.63, 3.8) is 0 Å². The molecule has 0 saturated heterocycles. The Bertz CT molecular complexity index is 747. The zero-order chi connectivity index (χ0) is 27.5. The standard InChI is InChI=1S/C20H30N2O3.C8H16Cl2O3.2ClH/c1-19-5-3-7-21(17-19)9-11-23-13-15-25-16-14-24-12-10-22-8-4-6-20(2)18-22;9-1-3-11-5-7-13-8-6-12-4-2-10;;/h3-8,17-18H,9-16H2,1-2H3;1-8H2;2*1H/q+2;;;/p-2. The Hall–Kier alpha value is -0.780. The lowest BCUT2D eigenvalue weighted by Gasteiger charge is -2.05. The number of aryl methyl sites for hydroxylation is 2. The van der Waals surface area contributed by atoms with E-state index in [0.717, 1.165) is 13.1 Å². The van der Waals surface area contributed by atoms with Crippen LogP contribution in [0.25, 0.3) is 0 Å². The van der Waals surface area contributed by atoms with E-state index in [2.05, 4.69) is 72.0 Å². The highest BCUT2D eigenvalue weighted by molar-refractivity contribution is 6.18. The van der Waals surface area contributed by atoms with Crippen LogP contribution in [0.5, 0.6) is 0 Å². The molecule has 2 heterocycles. The number of alkyl halides is 2. The monoisotopic (exact) mass is 646 g/mol. The Morgan fingerprint density at radius 1 is 0.500 bits per heavy atom. The average Bonchev–Trinajstić information content (AvgIpc) is 2.91. The van der Waals surface area contributed by atoms with Gasteiger partial charge in [-0.3, -0.25) is 0 Å². The SMILES string of the molecule is Cc1ccc[n+](CCOCCOCCOCC[n+]2cccc(C)c2)c1.ClCCOCCOCCOCCCl.[Cl-].[Cl-]. The molecular formula is C28H46Cl4N2O6. The van der Waals surface area contributed by atoms with Gasteiger partial charge in [0.05, 0.1) is 66.1 Å². The predicted molar refractivity (Wildman–Crippen MR) is 149 cm³/mol. The van der Waals surface area contributed by atoms with Gasteiger partial charge in [-0.2, -0.15) is 0 Å². The van der Waals surface area contributed by atoms with E-state index in [9.17, 15) is 0 Å². The van der Waals surface area contributed by atoms with E-state index in [1.165, 1.54) is 11.1 Å². The zero-order valence-corrected chi connectivity index (χ0v) is 26.8. The molecule has 2 aromatic rings. The van der Waals surface area contributed by atoms with Gasteiger partial charge < -0.3 is 53.2 Å². The molecule has 0 bridgehead atoms. The third-order valence-electron chi connectivity index (χ3n) is 4.93. The minimum absolute atomic E-state index is 0. The van der Waals surface area contributed by atoms with Crippen LogP contribution in [0.4, 0.5) is 0 Å². The molecular weight excluding hydrogens is 602 g/mol. The lowest BCUT2D eigenvalue weighted by Crippen LogP contribution is -3.00. The van der Waals surface area contributed by atoms with Gasteiger partial charge in [-0.1, -0.05) is 0 Å². The topological polar surface area (TPSA) is 63.1 Å². The number of ether oxygens (including phenoxy) is 6. The summed E-state index contributed by atoms with van der Waals surface area (Å²) in [5.74, 6) is 1.05. The van der Waals surface area contributed by atoms with Gasteiger partial charge in [-0.05, 0) is 26.0 Å². The van der Waals surface area contributed by atoms with Crippen molar-refractivity contribution in [3.05, 3.63) is 60.2 Å². The highest BCUT2D eigenvalue weighted by Crippen LogP contribution is 1.91. The summed E-state index contributed by atoms with van der Waals surface area (Å²) in [6, 6.07) is 8.28. The van der Waals surface area contributed by atoms with Crippen molar-refractivity contribution in [2.75, 3.05) is 91.0 Å². The van der Waals surface area contributed by atoms with Crippen LogP contribution in [0, 0.1) is 13.8 Å². The largest absolute Gasteiger partial charge is 1.00 e. The van der Waals surface area contributed by atoms with E-state index >= 15 is 0 Å². The fourth-order valence-corrected chi connectivity index (χ4v) is 3.34. The van der Waals surface area contributed by atoms with Crippen molar-refractivity contribution >= 4 is 23.2 Å². The average molecular weight is 648 g/mol. The van der Waals surface area contributed by atoms with Gasteiger partial charge in [0.1, 0.15) is 13.2 Å². The van der Waals surface area contributed by atoms with Gasteiger partial charge in [0.2, 0.25) is 0 Å². The maximum atomic E-state index is 5.58. The Morgan fingerprint density at radius 3 is 1.10 bits per heavy atom. The van der Waals surface area contributed by atoms with Crippen molar-refractivity contribution in [3.8, 4) is 0 Å². The molecule has 12 heteroatoms. The number of aromatic nitrogens is 2. The third kappa shape index (κ3) is 26.1. The normalized spacial score (nSPS) is 10.3. The van der Waals surface area contributed by atoms with Crippen molar-refractivity contribution in [2.24, 2.45) is 0 Å². The lowest BCUT2D eigenvalue weighted by atomic mass is 10.3. The number of nitrogens with zero attached hydrogens (tertiary/aromatic N) is 2. The molecule has 40 heavy (non-hydrogen) atoms. The van der Waals surface area contributed by atoms with E-state index < -0.39 is 0 Å². The number of hydrogen-bond donors (Lipinski definition) is 0. The summed E-state index contributed by atoms with van der Waals surface area (Å²) in [4.78, 5) is 0. The minimum Gasteiger partial charge on any atom is -1.00 e. The summed E-state index contributed by atoms with van der Waals surface area (Å²) in [6.45, 7) is 13.2. The first kappa shape index (κ1) is 41.4. The van der Waals surface area contributed by atoms with Crippen LogP contribution in [-0.4, -0.2) is 91.0 Å². The smallest absolute Gasteiger partial charge is 0.171 e. The third-order valence-corrected chi connectivity index (χ3v) is 5.24. The molecule has 0 aliphatic rings. The van der Waals surface area contributed by atoms with Gasteiger partial charge in [0.15, 0.2) is 37.9 Å². The first-order valence-corrected chi connectivity index (χ1v) is 14.2. The maximum Gasteiger partial charge on any atom is 0.171 e. The quantitative estimate of drug-likeness (QED) is 0.0780. The number of pyridine rings is 2. The molecule has 0 fully saturated rings. The molecule has 232 valence electrons. The summed E-state index contributed by atoms with van der Waals surface area (Å²) in [6.07, 6.45) is 8.34. The molecule has 0 aromatic carbocycles. The summed E-state index contributed by atoms with van der Waals surface area (Å²) >= 11 is 10.8. The van der Waals surface area contributed by atoms with Crippen LogP contribution in [-0.2, 0) is 41.5 Å². The molecule has 0 unspecified atom stereocenters. The fourth-order valence-electron chi connectivity index (χ4n) is 3.12. The molecule has 2 aromatic heterocycles. The maximum absolute atomic E-state index is 5.58. The van der Waals surface area contributed by atoms with Gasteiger partial charge in [-0.25, -0.2) is 9.13 Å². The molecule has 0 aliphatic heterocycles. The van der Waals surface area contributed by atoms with E-state index in [-0.39, 0.29) is 24.8 Å².